The number of hydrogen-bond donors (Lipinski definition) is 1. The lowest BCUT2D eigenvalue weighted by Crippen LogP contribution is -2.40. The maximum atomic E-state index is 12.9. The Kier molecular flexibility index (Phi) is 5.38. The van der Waals surface area contributed by atoms with Crippen molar-refractivity contribution in [3.05, 3.63) is 59.9 Å². The molecule has 1 aliphatic heterocycles. The van der Waals surface area contributed by atoms with Gasteiger partial charge in [-0.15, -0.1) is 11.8 Å². The molecule has 0 saturated heterocycles. The van der Waals surface area contributed by atoms with Gasteiger partial charge in [-0.05, 0) is 29.8 Å². The topological polar surface area (TPSA) is 49.4 Å². The van der Waals surface area contributed by atoms with E-state index in [-0.39, 0.29) is 29.4 Å². The van der Waals surface area contributed by atoms with Crippen molar-refractivity contribution < 1.29 is 14.0 Å². The maximum Gasteiger partial charge on any atom is 0.240 e. The lowest BCUT2D eigenvalue weighted by Gasteiger charge is -2.22. The van der Waals surface area contributed by atoms with Gasteiger partial charge in [-0.1, -0.05) is 31.2 Å². The molecule has 2 aromatic carbocycles. The fourth-order valence-corrected chi connectivity index (χ4v) is 3.82. The summed E-state index contributed by atoms with van der Waals surface area (Å²) in [6.07, 6.45) is 0.393. The molecule has 0 spiro atoms. The summed E-state index contributed by atoms with van der Waals surface area (Å²) in [7, 11) is 0. The van der Waals surface area contributed by atoms with Gasteiger partial charge in [-0.25, -0.2) is 4.39 Å². The van der Waals surface area contributed by atoms with Crippen molar-refractivity contribution in [2.24, 2.45) is 0 Å². The third-order valence-electron chi connectivity index (χ3n) is 3.95. The predicted molar refractivity (Wildman–Crippen MR) is 97.0 cm³/mol. The van der Waals surface area contributed by atoms with E-state index in [1.54, 1.807) is 28.8 Å². The number of nitrogens with one attached hydrogen (secondary N) is 1. The number of benzene rings is 2. The molecule has 1 N–H and O–H groups in total. The number of halogens is 1. The number of anilines is 1. The number of rotatable bonds is 4. The second-order valence-corrected chi connectivity index (χ2v) is 7.46. The molecule has 0 aliphatic carbocycles. The largest absolute Gasteiger partial charge is 0.350 e. The first-order chi connectivity index (χ1) is 12.0. The maximum absolute atomic E-state index is 12.9. The van der Waals surface area contributed by atoms with Crippen molar-refractivity contribution in [1.82, 2.24) is 5.32 Å². The van der Waals surface area contributed by atoms with E-state index in [1.807, 2.05) is 31.2 Å². The molecule has 130 valence electrons. The average molecular weight is 358 g/mol. The van der Waals surface area contributed by atoms with E-state index in [0.29, 0.717) is 13.0 Å². The van der Waals surface area contributed by atoms with Crippen LogP contribution in [0.15, 0.2) is 53.4 Å². The lowest BCUT2D eigenvalue weighted by molar-refractivity contribution is -0.123. The third-order valence-corrected chi connectivity index (χ3v) is 5.12. The molecule has 4 nitrogen and oxygen atoms in total. The quantitative estimate of drug-likeness (QED) is 0.912. The van der Waals surface area contributed by atoms with Gasteiger partial charge in [0.1, 0.15) is 12.4 Å². The Hall–Kier alpha value is -2.34. The van der Waals surface area contributed by atoms with E-state index < -0.39 is 0 Å². The van der Waals surface area contributed by atoms with Crippen molar-refractivity contribution in [2.45, 2.75) is 30.0 Å². The first-order valence-corrected chi connectivity index (χ1v) is 8.98. The van der Waals surface area contributed by atoms with E-state index in [9.17, 15) is 14.0 Å². The van der Waals surface area contributed by atoms with Crippen molar-refractivity contribution in [1.29, 1.82) is 0 Å². The summed E-state index contributed by atoms with van der Waals surface area (Å²) in [6, 6.07) is 13.6. The highest BCUT2D eigenvalue weighted by Crippen LogP contribution is 2.37. The Bertz CT molecular complexity index is 779. The van der Waals surface area contributed by atoms with Gasteiger partial charge in [0.05, 0.1) is 5.69 Å². The second kappa shape index (κ2) is 7.70. The van der Waals surface area contributed by atoms with Crippen LogP contribution in [-0.4, -0.2) is 23.6 Å². The molecule has 0 fully saturated rings. The van der Waals surface area contributed by atoms with Gasteiger partial charge in [0.15, 0.2) is 0 Å². The van der Waals surface area contributed by atoms with Crippen LogP contribution in [0.1, 0.15) is 18.9 Å². The number of para-hydroxylation sites is 1. The van der Waals surface area contributed by atoms with E-state index in [4.69, 9.17) is 0 Å². The highest BCUT2D eigenvalue weighted by atomic mass is 32.2. The molecule has 2 amide bonds. The summed E-state index contributed by atoms with van der Waals surface area (Å²) in [5.41, 5.74) is 1.58. The first kappa shape index (κ1) is 17.5. The van der Waals surface area contributed by atoms with Crippen LogP contribution < -0.4 is 10.2 Å². The highest BCUT2D eigenvalue weighted by molar-refractivity contribution is 8.00. The van der Waals surface area contributed by atoms with Gasteiger partial charge >= 0.3 is 0 Å². The Morgan fingerprint density at radius 3 is 2.72 bits per heavy atom. The van der Waals surface area contributed by atoms with Crippen LogP contribution in [0.2, 0.25) is 0 Å². The molecule has 6 heteroatoms. The highest BCUT2D eigenvalue weighted by Gasteiger charge is 2.27. The predicted octanol–water partition coefficient (Wildman–Crippen LogP) is 3.36. The molecule has 0 bridgehead atoms. The van der Waals surface area contributed by atoms with Crippen molar-refractivity contribution in [3.63, 3.8) is 0 Å². The molecular formula is C19H19FN2O2S. The number of thioether (sulfide) groups is 1. The van der Waals surface area contributed by atoms with Crippen LogP contribution in [0.3, 0.4) is 0 Å². The second-order valence-electron chi connectivity index (χ2n) is 5.98. The average Bonchev–Trinajstić information content (AvgIpc) is 2.70. The van der Waals surface area contributed by atoms with E-state index in [1.165, 1.54) is 12.1 Å². The molecule has 0 radical (unpaired) electrons. The van der Waals surface area contributed by atoms with Crippen molar-refractivity contribution in [2.75, 3.05) is 11.4 Å². The van der Waals surface area contributed by atoms with Crippen molar-refractivity contribution in [3.8, 4) is 0 Å². The van der Waals surface area contributed by atoms with Gasteiger partial charge in [-0.2, -0.15) is 0 Å². The zero-order chi connectivity index (χ0) is 17.8. The summed E-state index contributed by atoms with van der Waals surface area (Å²) < 4.78 is 12.9. The molecule has 3 rings (SSSR count). The number of carbonyl (C=O) groups is 2. The molecular weight excluding hydrogens is 339 g/mol. The summed E-state index contributed by atoms with van der Waals surface area (Å²) in [5.74, 6) is -0.609. The lowest BCUT2D eigenvalue weighted by atomic mass is 10.2. The normalized spacial score (nSPS) is 17.0. The van der Waals surface area contributed by atoms with Crippen LogP contribution in [0, 0.1) is 5.82 Å². The third kappa shape index (κ3) is 4.39. The molecule has 0 saturated carbocycles. The molecule has 1 aliphatic rings. The fraction of sp³-hybridized carbons (Fsp3) is 0.263. The summed E-state index contributed by atoms with van der Waals surface area (Å²) in [6.45, 7) is 2.29. The van der Waals surface area contributed by atoms with Crippen LogP contribution in [0.4, 0.5) is 10.1 Å². The summed E-state index contributed by atoms with van der Waals surface area (Å²) >= 11 is 1.65. The van der Waals surface area contributed by atoms with Crippen molar-refractivity contribution >= 4 is 29.3 Å². The molecule has 1 heterocycles. The van der Waals surface area contributed by atoms with Gasteiger partial charge in [0.25, 0.3) is 0 Å². The molecule has 25 heavy (non-hydrogen) atoms. The van der Waals surface area contributed by atoms with E-state index in [2.05, 4.69) is 5.32 Å². The molecule has 1 atom stereocenters. The smallest absolute Gasteiger partial charge is 0.240 e. The van der Waals surface area contributed by atoms with Gasteiger partial charge in [0, 0.05) is 23.1 Å². The molecule has 2 aromatic rings. The minimum atomic E-state index is -0.312. The fourth-order valence-electron chi connectivity index (χ4n) is 2.70. The first-order valence-electron chi connectivity index (χ1n) is 8.10. The SMILES string of the molecule is C[C@@H]1CC(=O)N(CC(=O)NCc2ccc(F)cc2)c2ccccc2S1. The minimum Gasteiger partial charge on any atom is -0.350 e. The number of hydrogen-bond acceptors (Lipinski definition) is 3. The monoisotopic (exact) mass is 358 g/mol. The standard InChI is InChI=1S/C19H19FN2O2S/c1-13-10-19(24)22(16-4-2-3-5-17(16)25-13)12-18(23)21-11-14-6-8-15(20)9-7-14/h2-9,13H,10-12H2,1H3,(H,21,23)/t13-/m1/s1. The van der Waals surface area contributed by atoms with E-state index in [0.717, 1.165) is 16.1 Å². The van der Waals surface area contributed by atoms with Crippen LogP contribution in [0.5, 0.6) is 0 Å². The number of nitrogens with zero attached hydrogens (tertiary/aromatic N) is 1. The minimum absolute atomic E-state index is 0.0235. The van der Waals surface area contributed by atoms with Gasteiger partial charge in [0.2, 0.25) is 11.8 Å². The Labute approximate surface area is 150 Å². The van der Waals surface area contributed by atoms with E-state index >= 15 is 0 Å². The molecule has 0 unspecified atom stereocenters. The zero-order valence-corrected chi connectivity index (χ0v) is 14.7. The summed E-state index contributed by atoms with van der Waals surface area (Å²) in [4.78, 5) is 27.4. The van der Waals surface area contributed by atoms with Gasteiger partial charge < -0.3 is 10.2 Å². The molecule has 0 aromatic heterocycles. The number of carbonyl (C=O) groups excluding carboxylic acids is 2. The van der Waals surface area contributed by atoms with Crippen LogP contribution in [0.25, 0.3) is 0 Å². The summed E-state index contributed by atoms with van der Waals surface area (Å²) in [5, 5.41) is 2.95. The van der Waals surface area contributed by atoms with Gasteiger partial charge in [-0.3, -0.25) is 9.59 Å². The number of amides is 2. The Morgan fingerprint density at radius 2 is 1.96 bits per heavy atom. The van der Waals surface area contributed by atoms with Crippen LogP contribution >= 0.6 is 11.8 Å². The van der Waals surface area contributed by atoms with Crippen LogP contribution in [-0.2, 0) is 16.1 Å². The zero-order valence-electron chi connectivity index (χ0n) is 13.9. The Morgan fingerprint density at radius 1 is 1.24 bits per heavy atom. The Balaban J connectivity index is 1.69. The number of fused-ring (bicyclic) bond motifs is 1.